The van der Waals surface area contributed by atoms with Crippen molar-refractivity contribution in [2.24, 2.45) is 0 Å². The molecule has 3 nitrogen and oxygen atoms in total. The Balaban J connectivity index is 1.96. The highest BCUT2D eigenvalue weighted by atomic mass is 32.1. The number of thiocarbonyl (C=S) groups is 1. The van der Waals surface area contributed by atoms with Gasteiger partial charge in [-0.3, -0.25) is 0 Å². The Morgan fingerprint density at radius 1 is 1.12 bits per heavy atom. The van der Waals surface area contributed by atoms with Gasteiger partial charge in [-0.25, -0.2) is 0 Å². The molecule has 0 aromatic heterocycles. The Kier molecular flexibility index (Phi) is 6.76. The van der Waals surface area contributed by atoms with Crippen LogP contribution >= 0.6 is 12.2 Å². The van der Waals surface area contributed by atoms with Crippen molar-refractivity contribution in [1.82, 2.24) is 5.32 Å². The summed E-state index contributed by atoms with van der Waals surface area (Å²) < 4.78 is 0. The number of quaternary nitrogens is 1. The first-order valence-corrected chi connectivity index (χ1v) is 8.90. The Morgan fingerprint density at radius 3 is 2.42 bits per heavy atom. The quantitative estimate of drug-likeness (QED) is 0.705. The van der Waals surface area contributed by atoms with Crippen LogP contribution in [-0.2, 0) is 6.42 Å². The molecular weight excluding hydrogens is 314 g/mol. The highest BCUT2D eigenvalue weighted by Crippen LogP contribution is 2.12. The van der Waals surface area contributed by atoms with E-state index in [4.69, 9.17) is 12.2 Å². The predicted molar refractivity (Wildman–Crippen MR) is 107 cm³/mol. The molecule has 24 heavy (non-hydrogen) atoms. The van der Waals surface area contributed by atoms with Crippen molar-refractivity contribution >= 4 is 23.0 Å². The van der Waals surface area contributed by atoms with Crippen LogP contribution in [0.15, 0.2) is 48.5 Å². The summed E-state index contributed by atoms with van der Waals surface area (Å²) in [5.41, 5.74) is 4.94. The van der Waals surface area contributed by atoms with Crippen LogP contribution in [0.25, 0.3) is 0 Å². The van der Waals surface area contributed by atoms with E-state index in [1.54, 1.807) is 0 Å². The molecule has 2 rings (SSSR count). The summed E-state index contributed by atoms with van der Waals surface area (Å²) in [6, 6.07) is 17.5. The Bertz CT molecular complexity index is 665. The number of hydrogen-bond acceptors (Lipinski definition) is 1. The molecule has 0 unspecified atom stereocenters. The first-order valence-electron chi connectivity index (χ1n) is 8.50. The molecule has 0 heterocycles. The smallest absolute Gasteiger partial charge is 0.171 e. The number of aryl methyl sites for hydroxylation is 2. The van der Waals surface area contributed by atoms with E-state index >= 15 is 0 Å². The number of hydrogen-bond donors (Lipinski definition) is 3. The predicted octanol–water partition coefficient (Wildman–Crippen LogP) is 2.73. The monoisotopic (exact) mass is 342 g/mol. The molecule has 0 bridgehead atoms. The molecule has 0 aliphatic carbocycles. The lowest BCUT2D eigenvalue weighted by Gasteiger charge is -2.23. The second-order valence-electron chi connectivity index (χ2n) is 6.43. The molecule has 0 fully saturated rings. The number of benzene rings is 2. The Morgan fingerprint density at radius 2 is 1.83 bits per heavy atom. The third-order valence-corrected chi connectivity index (χ3v) is 4.48. The maximum Gasteiger partial charge on any atom is 0.171 e. The van der Waals surface area contributed by atoms with E-state index in [1.165, 1.54) is 21.6 Å². The summed E-state index contributed by atoms with van der Waals surface area (Å²) in [5.74, 6) is 0. The lowest BCUT2D eigenvalue weighted by atomic mass is 10.0. The van der Waals surface area contributed by atoms with Gasteiger partial charge in [-0.05, 0) is 48.8 Å². The maximum atomic E-state index is 5.44. The van der Waals surface area contributed by atoms with Gasteiger partial charge in [0.1, 0.15) is 6.04 Å². The molecule has 2 aromatic rings. The minimum absolute atomic E-state index is 0.355. The summed E-state index contributed by atoms with van der Waals surface area (Å²) in [6.07, 6.45) is 1.07. The van der Waals surface area contributed by atoms with Gasteiger partial charge < -0.3 is 15.5 Å². The topological polar surface area (TPSA) is 28.5 Å². The Hall–Kier alpha value is -1.91. The van der Waals surface area contributed by atoms with E-state index in [-0.39, 0.29) is 0 Å². The van der Waals surface area contributed by atoms with E-state index in [9.17, 15) is 0 Å². The number of anilines is 1. The van der Waals surface area contributed by atoms with Crippen LogP contribution in [0, 0.1) is 6.92 Å². The van der Waals surface area contributed by atoms with E-state index in [2.05, 4.69) is 75.0 Å². The van der Waals surface area contributed by atoms with Gasteiger partial charge >= 0.3 is 0 Å². The van der Waals surface area contributed by atoms with Crippen molar-refractivity contribution in [2.45, 2.75) is 26.3 Å². The zero-order valence-electron chi connectivity index (χ0n) is 15.0. The third kappa shape index (κ3) is 5.32. The van der Waals surface area contributed by atoms with Crippen molar-refractivity contribution in [3.63, 3.8) is 0 Å². The van der Waals surface area contributed by atoms with Gasteiger partial charge in [0.2, 0.25) is 0 Å². The molecule has 0 aliphatic rings. The van der Waals surface area contributed by atoms with Gasteiger partial charge in [-0.1, -0.05) is 43.3 Å². The normalized spacial score (nSPS) is 12.0. The van der Waals surface area contributed by atoms with E-state index in [0.29, 0.717) is 11.2 Å². The zero-order valence-corrected chi connectivity index (χ0v) is 15.8. The maximum absolute atomic E-state index is 5.44. The largest absolute Gasteiger partial charge is 0.356 e. The van der Waals surface area contributed by atoms with Crippen LogP contribution in [0.2, 0.25) is 0 Å². The molecule has 2 aromatic carbocycles. The molecule has 0 amide bonds. The van der Waals surface area contributed by atoms with Crippen LogP contribution in [0.4, 0.5) is 5.69 Å². The van der Waals surface area contributed by atoms with Gasteiger partial charge in [0.05, 0.1) is 20.6 Å². The molecule has 4 heteroatoms. The average Bonchev–Trinajstić information content (AvgIpc) is 2.55. The van der Waals surface area contributed by atoms with Crippen LogP contribution in [0.5, 0.6) is 0 Å². The Labute approximate surface area is 151 Å². The van der Waals surface area contributed by atoms with Gasteiger partial charge in [0.25, 0.3) is 0 Å². The molecular formula is C20H28N3S+. The number of likely N-dealkylation sites (N-methyl/N-ethyl adjacent to an activating group) is 1. The van der Waals surface area contributed by atoms with Crippen LogP contribution in [-0.4, -0.2) is 25.8 Å². The summed E-state index contributed by atoms with van der Waals surface area (Å²) in [7, 11) is 4.36. The minimum Gasteiger partial charge on any atom is -0.356 e. The first-order chi connectivity index (χ1) is 11.5. The summed E-state index contributed by atoms with van der Waals surface area (Å²) in [6.45, 7) is 5.05. The molecule has 0 radical (unpaired) electrons. The van der Waals surface area contributed by atoms with Crippen molar-refractivity contribution in [3.8, 4) is 0 Å². The summed E-state index contributed by atoms with van der Waals surface area (Å²) >= 11 is 5.44. The fourth-order valence-corrected chi connectivity index (χ4v) is 2.94. The van der Waals surface area contributed by atoms with Gasteiger partial charge in [-0.2, -0.15) is 0 Å². The lowest BCUT2D eigenvalue weighted by molar-refractivity contribution is -0.890. The highest BCUT2D eigenvalue weighted by molar-refractivity contribution is 7.80. The van der Waals surface area contributed by atoms with Crippen molar-refractivity contribution in [3.05, 3.63) is 65.2 Å². The second kappa shape index (κ2) is 8.81. The minimum atomic E-state index is 0.355. The second-order valence-corrected chi connectivity index (χ2v) is 6.84. The standard InChI is InChI=1S/C20H27N3S/c1-5-16-9-11-17(12-10-16)19(23(3)4)14-21-20(24)22-18-8-6-7-15(2)13-18/h6-13,19H,5,14H2,1-4H3,(H2,21,22,24)/p+1/t19-/m1/s1. The summed E-state index contributed by atoms with van der Waals surface area (Å²) in [5, 5.41) is 7.28. The van der Waals surface area contributed by atoms with Crippen LogP contribution in [0.1, 0.15) is 29.7 Å². The molecule has 1 atom stereocenters. The molecule has 3 N–H and O–H groups in total. The van der Waals surface area contributed by atoms with Crippen LogP contribution in [0.3, 0.4) is 0 Å². The van der Waals surface area contributed by atoms with Crippen molar-refractivity contribution in [1.29, 1.82) is 0 Å². The fraction of sp³-hybridized carbons (Fsp3) is 0.350. The van der Waals surface area contributed by atoms with Gasteiger partial charge in [0.15, 0.2) is 5.11 Å². The number of rotatable bonds is 6. The van der Waals surface area contributed by atoms with Gasteiger partial charge in [-0.15, -0.1) is 0 Å². The number of nitrogens with one attached hydrogen (secondary N) is 3. The molecule has 0 spiro atoms. The van der Waals surface area contributed by atoms with Crippen LogP contribution < -0.4 is 15.5 Å². The molecule has 0 saturated heterocycles. The van der Waals surface area contributed by atoms with Gasteiger partial charge in [0, 0.05) is 11.3 Å². The molecule has 0 saturated carbocycles. The molecule has 0 aliphatic heterocycles. The average molecular weight is 343 g/mol. The van der Waals surface area contributed by atoms with Crippen molar-refractivity contribution in [2.75, 3.05) is 26.0 Å². The highest BCUT2D eigenvalue weighted by Gasteiger charge is 2.17. The van der Waals surface area contributed by atoms with E-state index in [1.807, 2.05) is 12.1 Å². The zero-order chi connectivity index (χ0) is 17.5. The van der Waals surface area contributed by atoms with E-state index in [0.717, 1.165) is 18.7 Å². The third-order valence-electron chi connectivity index (χ3n) is 4.23. The fourth-order valence-electron chi connectivity index (χ4n) is 2.73. The summed E-state index contributed by atoms with van der Waals surface area (Å²) in [4.78, 5) is 1.38. The SMILES string of the molecule is CCc1ccc([C@@H](CNC(=S)Nc2cccc(C)c2)[NH+](C)C)cc1. The van der Waals surface area contributed by atoms with E-state index < -0.39 is 0 Å². The molecule has 128 valence electrons. The first kappa shape index (κ1) is 18.4. The van der Waals surface area contributed by atoms with Crippen molar-refractivity contribution < 1.29 is 4.90 Å². The lowest BCUT2D eigenvalue weighted by Crippen LogP contribution is -3.07.